The summed E-state index contributed by atoms with van der Waals surface area (Å²) in [7, 11) is 0. The van der Waals surface area contributed by atoms with Crippen molar-refractivity contribution in [3.05, 3.63) is 59.7 Å². The molecule has 24 heavy (non-hydrogen) atoms. The van der Waals surface area contributed by atoms with Gasteiger partial charge in [-0.2, -0.15) is 0 Å². The molecule has 2 aromatic carbocycles. The number of amides is 2. The zero-order valence-corrected chi connectivity index (χ0v) is 14.1. The van der Waals surface area contributed by atoms with E-state index in [1.165, 1.54) is 0 Å². The van der Waals surface area contributed by atoms with Gasteiger partial charge in [-0.15, -0.1) is 0 Å². The second-order valence-corrected chi connectivity index (χ2v) is 5.85. The number of nitrogens with one attached hydrogen (secondary N) is 1. The van der Waals surface area contributed by atoms with Crippen molar-refractivity contribution < 1.29 is 14.3 Å². The number of anilines is 1. The van der Waals surface area contributed by atoms with E-state index in [1.54, 1.807) is 31.2 Å². The zero-order chi connectivity index (χ0) is 17.7. The maximum atomic E-state index is 12.4. The Bertz CT molecular complexity index is 741. The molecule has 2 amide bonds. The number of hydrogen-bond donors (Lipinski definition) is 2. The lowest BCUT2D eigenvalue weighted by Gasteiger charge is -2.19. The summed E-state index contributed by atoms with van der Waals surface area (Å²) in [6.07, 6.45) is -0.717. The third-order valence-corrected chi connectivity index (χ3v) is 3.66. The second kappa shape index (κ2) is 7.64. The number of primary amides is 1. The van der Waals surface area contributed by atoms with Gasteiger partial charge in [0.05, 0.1) is 11.3 Å². The van der Waals surface area contributed by atoms with E-state index >= 15 is 0 Å². The third-order valence-electron chi connectivity index (χ3n) is 3.66. The minimum absolute atomic E-state index is 0.264. The lowest BCUT2D eigenvalue weighted by Crippen LogP contribution is -2.31. The minimum atomic E-state index is -0.717. The SMILES string of the molecule is CC(C)c1ccccc1O[C@H](C)C(=O)Nc1ccccc1C(N)=O. The molecule has 0 aliphatic carbocycles. The molecule has 126 valence electrons. The van der Waals surface area contributed by atoms with E-state index in [0.29, 0.717) is 11.4 Å². The first-order chi connectivity index (χ1) is 11.4. The molecule has 0 saturated heterocycles. The number of ether oxygens (including phenoxy) is 1. The van der Waals surface area contributed by atoms with E-state index < -0.39 is 12.0 Å². The summed E-state index contributed by atoms with van der Waals surface area (Å²) in [4.78, 5) is 23.8. The molecule has 5 heteroatoms. The van der Waals surface area contributed by atoms with E-state index in [1.807, 2.05) is 24.3 Å². The third kappa shape index (κ3) is 4.13. The first-order valence-corrected chi connectivity index (χ1v) is 7.85. The van der Waals surface area contributed by atoms with Gasteiger partial charge < -0.3 is 15.8 Å². The fraction of sp³-hybridized carbons (Fsp3) is 0.263. The number of carbonyl (C=O) groups excluding carboxylic acids is 2. The van der Waals surface area contributed by atoms with Crippen LogP contribution in [0.1, 0.15) is 42.6 Å². The molecule has 0 saturated carbocycles. The highest BCUT2D eigenvalue weighted by atomic mass is 16.5. The summed E-state index contributed by atoms with van der Waals surface area (Å²) in [6.45, 7) is 5.80. The van der Waals surface area contributed by atoms with Crippen LogP contribution in [0.3, 0.4) is 0 Å². The quantitative estimate of drug-likeness (QED) is 0.854. The Labute approximate surface area is 141 Å². The highest BCUT2D eigenvalue weighted by Gasteiger charge is 2.19. The number of para-hydroxylation sites is 2. The van der Waals surface area contributed by atoms with Crippen LogP contribution in [0.5, 0.6) is 5.75 Å². The standard InChI is InChI=1S/C19H22N2O3/c1-12(2)14-8-5-7-11-17(14)24-13(3)19(23)21-16-10-6-4-9-15(16)18(20)22/h4-13H,1-3H3,(H2,20,22)(H,21,23)/t13-/m1/s1. The van der Waals surface area contributed by atoms with E-state index in [-0.39, 0.29) is 17.4 Å². The Morgan fingerprint density at radius 1 is 1.00 bits per heavy atom. The summed E-state index contributed by atoms with van der Waals surface area (Å²) in [5.74, 6) is 0.0252. The monoisotopic (exact) mass is 326 g/mol. The van der Waals surface area contributed by atoms with E-state index in [9.17, 15) is 9.59 Å². The van der Waals surface area contributed by atoms with E-state index in [0.717, 1.165) is 5.56 Å². The summed E-state index contributed by atoms with van der Waals surface area (Å²) < 4.78 is 5.81. The van der Waals surface area contributed by atoms with Crippen molar-refractivity contribution in [2.24, 2.45) is 5.73 Å². The van der Waals surface area contributed by atoms with Gasteiger partial charge in [-0.25, -0.2) is 0 Å². The Hall–Kier alpha value is -2.82. The van der Waals surface area contributed by atoms with Crippen LogP contribution in [0.15, 0.2) is 48.5 Å². The topological polar surface area (TPSA) is 81.4 Å². The van der Waals surface area contributed by atoms with Crippen molar-refractivity contribution in [3.8, 4) is 5.75 Å². The van der Waals surface area contributed by atoms with Crippen LogP contribution >= 0.6 is 0 Å². The lowest BCUT2D eigenvalue weighted by atomic mass is 10.0. The van der Waals surface area contributed by atoms with Gasteiger partial charge in [0, 0.05) is 0 Å². The van der Waals surface area contributed by atoms with Crippen LogP contribution in [0.25, 0.3) is 0 Å². The molecule has 2 rings (SSSR count). The van der Waals surface area contributed by atoms with Gasteiger partial charge in [0.25, 0.3) is 11.8 Å². The highest BCUT2D eigenvalue weighted by Crippen LogP contribution is 2.27. The average molecular weight is 326 g/mol. The second-order valence-electron chi connectivity index (χ2n) is 5.85. The maximum absolute atomic E-state index is 12.4. The first-order valence-electron chi connectivity index (χ1n) is 7.85. The fourth-order valence-corrected chi connectivity index (χ4v) is 2.35. The largest absolute Gasteiger partial charge is 0.481 e. The number of rotatable bonds is 6. The van der Waals surface area contributed by atoms with Crippen LogP contribution in [-0.2, 0) is 4.79 Å². The van der Waals surface area contributed by atoms with Crippen molar-refractivity contribution in [1.82, 2.24) is 0 Å². The van der Waals surface area contributed by atoms with Crippen molar-refractivity contribution in [1.29, 1.82) is 0 Å². The van der Waals surface area contributed by atoms with E-state index in [4.69, 9.17) is 10.5 Å². The average Bonchev–Trinajstić information content (AvgIpc) is 2.55. The summed E-state index contributed by atoms with van der Waals surface area (Å²) in [5.41, 5.74) is 7.00. The number of hydrogen-bond acceptors (Lipinski definition) is 3. The Kier molecular flexibility index (Phi) is 5.58. The van der Waals surface area contributed by atoms with Crippen molar-refractivity contribution in [2.45, 2.75) is 32.8 Å². The smallest absolute Gasteiger partial charge is 0.265 e. The summed E-state index contributed by atoms with van der Waals surface area (Å²) >= 11 is 0. The number of carbonyl (C=O) groups is 2. The van der Waals surface area contributed by atoms with Crippen LogP contribution in [-0.4, -0.2) is 17.9 Å². The van der Waals surface area contributed by atoms with Gasteiger partial charge >= 0.3 is 0 Å². The van der Waals surface area contributed by atoms with Gasteiger partial charge in [0.1, 0.15) is 5.75 Å². The molecule has 0 aliphatic heterocycles. The van der Waals surface area contributed by atoms with Crippen molar-refractivity contribution >= 4 is 17.5 Å². The van der Waals surface area contributed by atoms with Crippen LogP contribution in [0.4, 0.5) is 5.69 Å². The molecule has 3 N–H and O–H groups in total. The number of benzene rings is 2. The first kappa shape index (κ1) is 17.5. The molecule has 2 aromatic rings. The Balaban J connectivity index is 2.13. The molecule has 0 bridgehead atoms. The van der Waals surface area contributed by atoms with Crippen molar-refractivity contribution in [3.63, 3.8) is 0 Å². The molecule has 0 spiro atoms. The molecule has 0 fully saturated rings. The van der Waals surface area contributed by atoms with Gasteiger partial charge in [0.2, 0.25) is 0 Å². The minimum Gasteiger partial charge on any atom is -0.481 e. The normalized spacial score (nSPS) is 11.8. The molecular weight excluding hydrogens is 304 g/mol. The van der Waals surface area contributed by atoms with Gasteiger partial charge in [-0.05, 0) is 36.6 Å². The molecule has 1 atom stereocenters. The molecule has 0 aliphatic rings. The van der Waals surface area contributed by atoms with Gasteiger partial charge in [-0.1, -0.05) is 44.2 Å². The lowest BCUT2D eigenvalue weighted by molar-refractivity contribution is -0.122. The molecule has 0 heterocycles. The highest BCUT2D eigenvalue weighted by molar-refractivity contribution is 6.03. The van der Waals surface area contributed by atoms with Gasteiger partial charge in [-0.3, -0.25) is 9.59 Å². The molecule has 5 nitrogen and oxygen atoms in total. The molecular formula is C19H22N2O3. The summed E-state index contributed by atoms with van der Waals surface area (Å²) in [5, 5.41) is 2.70. The molecule has 0 aromatic heterocycles. The maximum Gasteiger partial charge on any atom is 0.265 e. The van der Waals surface area contributed by atoms with Crippen LogP contribution in [0, 0.1) is 0 Å². The van der Waals surface area contributed by atoms with Gasteiger partial charge in [0.15, 0.2) is 6.10 Å². The van der Waals surface area contributed by atoms with Crippen LogP contribution in [0.2, 0.25) is 0 Å². The Morgan fingerprint density at radius 2 is 1.62 bits per heavy atom. The Morgan fingerprint density at radius 3 is 2.29 bits per heavy atom. The van der Waals surface area contributed by atoms with Crippen molar-refractivity contribution in [2.75, 3.05) is 5.32 Å². The zero-order valence-electron chi connectivity index (χ0n) is 14.1. The number of nitrogens with two attached hydrogens (primary N) is 1. The van der Waals surface area contributed by atoms with E-state index in [2.05, 4.69) is 19.2 Å². The molecule has 0 unspecified atom stereocenters. The predicted molar refractivity (Wildman–Crippen MR) is 94.2 cm³/mol. The predicted octanol–water partition coefficient (Wildman–Crippen LogP) is 3.31. The molecule has 0 radical (unpaired) electrons. The van der Waals surface area contributed by atoms with Crippen LogP contribution < -0.4 is 15.8 Å². The fourth-order valence-electron chi connectivity index (χ4n) is 2.35. The summed E-state index contributed by atoms with van der Waals surface area (Å²) in [6, 6.07) is 14.2.